The number of nitrogens with zero attached hydrogens (tertiary/aromatic N) is 5. The minimum absolute atomic E-state index is 0.179. The van der Waals surface area contributed by atoms with E-state index in [1.807, 2.05) is 38.4 Å². The number of methoxy groups -OCH3 is 1. The first-order chi connectivity index (χ1) is 16.7. The number of rotatable bonds is 5. The first-order valence-electron chi connectivity index (χ1n) is 11.7. The third kappa shape index (κ3) is 3.39. The Balaban J connectivity index is 1.57. The lowest BCUT2D eigenvalue weighted by atomic mass is 10.1. The summed E-state index contributed by atoms with van der Waals surface area (Å²) in [5, 5.41) is 5.32. The Morgan fingerprint density at radius 1 is 1.09 bits per heavy atom. The second-order valence-electron chi connectivity index (χ2n) is 7.42. The van der Waals surface area contributed by atoms with Crippen LogP contribution in [0.5, 0.6) is 11.5 Å². The molecule has 0 spiro atoms. The third-order valence-corrected chi connectivity index (χ3v) is 5.33. The lowest BCUT2D eigenvalue weighted by Crippen LogP contribution is -2.45. The van der Waals surface area contributed by atoms with Crippen molar-refractivity contribution >= 4 is 34.0 Å². The fraction of sp³-hybridized carbons (Fsp3) is 0.208. The lowest BCUT2D eigenvalue weighted by molar-refractivity contribution is 0.252. The van der Waals surface area contributed by atoms with Gasteiger partial charge < -0.3 is 9.47 Å². The lowest BCUT2D eigenvalue weighted by Gasteiger charge is -2.36. The number of pyridine rings is 1. The number of hydrogen-bond acceptors (Lipinski definition) is 5. The van der Waals surface area contributed by atoms with E-state index in [0.717, 1.165) is 10.9 Å². The van der Waals surface area contributed by atoms with Crippen LogP contribution in [0, 0.1) is 0 Å². The van der Waals surface area contributed by atoms with Crippen LogP contribution in [0.3, 0.4) is 0 Å². The average Bonchev–Trinajstić information content (AvgIpc) is 3.18. The van der Waals surface area contributed by atoms with Gasteiger partial charge in [-0.2, -0.15) is 5.10 Å². The molecule has 2 amide bonds. The summed E-state index contributed by atoms with van der Waals surface area (Å²) in [4.78, 5) is 21.6. The summed E-state index contributed by atoms with van der Waals surface area (Å²) < 4.78 is 34.2. The van der Waals surface area contributed by atoms with Gasteiger partial charge >= 0.3 is 6.03 Å². The fourth-order valence-electron chi connectivity index (χ4n) is 3.88. The maximum absolute atomic E-state index is 13.9. The SMILES string of the molecule is [2H]C([2H])([2H])Oc1ccc(N2C(=O)N(c3ccc4nn(C)cc4c3)Cc3ncc(OCC)cc32)cc1. The monoisotopic (exact) mass is 432 g/mol. The zero-order valence-corrected chi connectivity index (χ0v) is 17.6. The average molecular weight is 432 g/mol. The molecule has 8 nitrogen and oxygen atoms in total. The topological polar surface area (TPSA) is 72.7 Å². The summed E-state index contributed by atoms with van der Waals surface area (Å²) in [6.07, 6.45) is 3.54. The van der Waals surface area contributed by atoms with Crippen LogP contribution in [0.15, 0.2) is 60.9 Å². The Kier molecular flexibility index (Phi) is 4.09. The van der Waals surface area contributed by atoms with Crippen LogP contribution in [-0.4, -0.2) is 34.4 Å². The minimum atomic E-state index is -2.56. The molecule has 0 bridgehead atoms. The molecular formula is C24H23N5O3. The zero-order valence-electron chi connectivity index (χ0n) is 20.6. The van der Waals surface area contributed by atoms with E-state index in [-0.39, 0.29) is 18.3 Å². The van der Waals surface area contributed by atoms with Crippen LogP contribution in [0.25, 0.3) is 10.9 Å². The van der Waals surface area contributed by atoms with Crippen molar-refractivity contribution in [2.24, 2.45) is 7.05 Å². The summed E-state index contributed by atoms with van der Waals surface area (Å²) in [6, 6.07) is 13.5. The standard InChI is InChI=1S/C24H23N5O3/c1-4-32-20-12-23-22(25-13-20)15-28(18-7-10-21-16(11-18)14-27(2)26-21)24(30)29(23)17-5-8-19(31-3)9-6-17/h5-14H,4,15H2,1-3H3/i3D3. The van der Waals surface area contributed by atoms with Gasteiger partial charge in [0.25, 0.3) is 0 Å². The molecule has 2 aromatic heterocycles. The molecule has 3 heterocycles. The Morgan fingerprint density at radius 2 is 1.91 bits per heavy atom. The van der Waals surface area contributed by atoms with E-state index >= 15 is 0 Å². The molecule has 0 fully saturated rings. The zero-order chi connectivity index (χ0) is 24.7. The molecular weight excluding hydrogens is 406 g/mol. The minimum Gasteiger partial charge on any atom is -0.497 e. The third-order valence-electron chi connectivity index (χ3n) is 5.33. The predicted octanol–water partition coefficient (Wildman–Crippen LogP) is 4.65. The van der Waals surface area contributed by atoms with Gasteiger partial charge in [0.15, 0.2) is 0 Å². The van der Waals surface area contributed by atoms with Crippen molar-refractivity contribution in [3.8, 4) is 11.5 Å². The molecule has 0 saturated carbocycles. The van der Waals surface area contributed by atoms with E-state index in [0.29, 0.717) is 35.1 Å². The summed E-state index contributed by atoms with van der Waals surface area (Å²) >= 11 is 0. The molecule has 0 unspecified atom stereocenters. The highest BCUT2D eigenvalue weighted by atomic mass is 16.5. The van der Waals surface area contributed by atoms with Crippen molar-refractivity contribution in [2.75, 3.05) is 23.4 Å². The number of carbonyl (C=O) groups is 1. The number of aromatic nitrogens is 3. The van der Waals surface area contributed by atoms with Gasteiger partial charge in [-0.1, -0.05) is 0 Å². The number of hydrogen-bond donors (Lipinski definition) is 0. The van der Waals surface area contributed by atoms with Crippen molar-refractivity contribution in [3.05, 3.63) is 66.6 Å². The number of carbonyl (C=O) groups excluding carboxylic acids is 1. The van der Waals surface area contributed by atoms with Gasteiger partial charge in [0.1, 0.15) is 11.5 Å². The Morgan fingerprint density at radius 3 is 2.69 bits per heavy atom. The second-order valence-corrected chi connectivity index (χ2v) is 7.42. The van der Waals surface area contributed by atoms with Gasteiger partial charge in [-0.15, -0.1) is 0 Å². The molecule has 5 rings (SSSR count). The van der Waals surface area contributed by atoms with Crippen LogP contribution < -0.4 is 19.3 Å². The smallest absolute Gasteiger partial charge is 0.334 e. The molecule has 0 atom stereocenters. The maximum atomic E-state index is 13.9. The van der Waals surface area contributed by atoms with Gasteiger partial charge in [0.2, 0.25) is 0 Å². The van der Waals surface area contributed by atoms with Crippen molar-refractivity contribution in [3.63, 3.8) is 0 Å². The number of aryl methyl sites for hydroxylation is 1. The molecule has 0 radical (unpaired) electrons. The van der Waals surface area contributed by atoms with Gasteiger partial charge in [0.05, 0.1) is 53.1 Å². The summed E-state index contributed by atoms with van der Waals surface area (Å²) in [5.74, 6) is 0.732. The molecule has 1 aliphatic rings. The van der Waals surface area contributed by atoms with E-state index in [1.54, 1.807) is 38.9 Å². The van der Waals surface area contributed by atoms with Crippen LogP contribution in [-0.2, 0) is 13.6 Å². The van der Waals surface area contributed by atoms with E-state index in [9.17, 15) is 4.79 Å². The number of benzene rings is 2. The van der Waals surface area contributed by atoms with E-state index in [4.69, 9.17) is 13.6 Å². The highest BCUT2D eigenvalue weighted by Crippen LogP contribution is 2.38. The molecule has 0 N–H and O–H groups in total. The highest BCUT2D eigenvalue weighted by Gasteiger charge is 2.34. The number of anilines is 3. The van der Waals surface area contributed by atoms with Crippen molar-refractivity contribution in [1.82, 2.24) is 14.8 Å². The van der Waals surface area contributed by atoms with Gasteiger partial charge in [-0.25, -0.2) is 4.79 Å². The largest absolute Gasteiger partial charge is 0.497 e. The second kappa shape index (κ2) is 7.88. The van der Waals surface area contributed by atoms with E-state index in [2.05, 4.69) is 10.1 Å². The van der Waals surface area contributed by atoms with Crippen molar-refractivity contribution in [1.29, 1.82) is 0 Å². The summed E-state index contributed by atoms with van der Waals surface area (Å²) in [6.45, 7) is 2.62. The Hall–Kier alpha value is -4.07. The van der Waals surface area contributed by atoms with Crippen molar-refractivity contribution in [2.45, 2.75) is 13.5 Å². The molecule has 1 aliphatic heterocycles. The molecule has 162 valence electrons. The number of ether oxygens (including phenoxy) is 2. The highest BCUT2D eigenvalue weighted by molar-refractivity contribution is 6.11. The van der Waals surface area contributed by atoms with E-state index in [1.165, 1.54) is 12.1 Å². The molecule has 2 aromatic carbocycles. The number of urea groups is 1. The molecule has 4 aromatic rings. The van der Waals surface area contributed by atoms with Gasteiger partial charge in [-0.05, 0) is 49.4 Å². The Labute approximate surface area is 189 Å². The van der Waals surface area contributed by atoms with Crippen LogP contribution >= 0.6 is 0 Å². The molecule has 8 heteroatoms. The first kappa shape index (κ1) is 16.6. The van der Waals surface area contributed by atoms with Gasteiger partial charge in [0, 0.05) is 30.4 Å². The number of amides is 2. The molecule has 0 aliphatic carbocycles. The molecule has 0 saturated heterocycles. The predicted molar refractivity (Wildman–Crippen MR) is 123 cm³/mol. The van der Waals surface area contributed by atoms with Crippen molar-refractivity contribution < 1.29 is 18.4 Å². The number of fused-ring (bicyclic) bond motifs is 2. The van der Waals surface area contributed by atoms with Gasteiger partial charge in [-0.3, -0.25) is 19.5 Å². The van der Waals surface area contributed by atoms with Crippen LogP contribution in [0.4, 0.5) is 21.9 Å². The normalized spacial score (nSPS) is 15.2. The van der Waals surface area contributed by atoms with E-state index < -0.39 is 7.04 Å². The quantitative estimate of drug-likeness (QED) is 0.459. The van der Waals surface area contributed by atoms with Crippen LogP contribution in [0.2, 0.25) is 0 Å². The summed E-state index contributed by atoms with van der Waals surface area (Å²) in [5.41, 5.74) is 3.38. The maximum Gasteiger partial charge on any atom is 0.334 e. The summed E-state index contributed by atoms with van der Waals surface area (Å²) in [7, 11) is -0.712. The first-order valence-corrected chi connectivity index (χ1v) is 10.2. The van der Waals surface area contributed by atoms with Crippen LogP contribution in [0.1, 0.15) is 16.7 Å². The fourth-order valence-corrected chi connectivity index (χ4v) is 3.88. The Bertz CT molecular complexity index is 1400. The molecule has 32 heavy (non-hydrogen) atoms.